The molecule has 0 aliphatic heterocycles. The highest BCUT2D eigenvalue weighted by atomic mass is 35.5. The van der Waals surface area contributed by atoms with Crippen LogP contribution in [0.2, 0.25) is 5.02 Å². The van der Waals surface area contributed by atoms with Crippen molar-refractivity contribution in [3.8, 4) is 5.88 Å². The van der Waals surface area contributed by atoms with E-state index in [0.717, 1.165) is 9.73 Å². The molecule has 0 N–H and O–H groups in total. The zero-order chi connectivity index (χ0) is 11.6. The molecule has 0 saturated heterocycles. The molecule has 0 bridgehead atoms. The van der Waals surface area contributed by atoms with E-state index in [-0.39, 0.29) is 27.4 Å². The van der Waals surface area contributed by atoms with Crippen LogP contribution in [0.4, 0.5) is 13.2 Å². The van der Waals surface area contributed by atoms with Crippen LogP contribution in [0.25, 0.3) is 0 Å². The molecule has 0 fully saturated rings. The summed E-state index contributed by atoms with van der Waals surface area (Å²) >= 11 is 5.72. The second-order valence-electron chi connectivity index (χ2n) is 2.66. The van der Waals surface area contributed by atoms with Gasteiger partial charge in [0.25, 0.3) is 0 Å². The molecule has 9 heteroatoms. The average Bonchev–Trinajstić information content (AvgIpc) is 2.07. The fraction of sp³-hybridized carbons (Fsp3) is 0.333. The quantitative estimate of drug-likeness (QED) is 0.712. The van der Waals surface area contributed by atoms with E-state index in [2.05, 4.69) is 9.84 Å². The van der Waals surface area contributed by atoms with Gasteiger partial charge in [-0.15, -0.1) is 0 Å². The van der Waals surface area contributed by atoms with Gasteiger partial charge in [0, 0.05) is 6.07 Å². The van der Waals surface area contributed by atoms with Crippen molar-refractivity contribution in [3.05, 3.63) is 21.4 Å². The largest absolute Gasteiger partial charge is 0.466 e. The predicted molar refractivity (Wildman–Crippen MR) is 49.0 cm³/mol. The topological polar surface area (TPSA) is 44.1 Å². The third kappa shape index (κ3) is 3.74. The van der Waals surface area contributed by atoms with Gasteiger partial charge in [-0.2, -0.15) is 18.3 Å². The molecule has 1 heterocycles. The number of hydrogen-bond acceptors (Lipinski definition) is 3. The molecule has 1 rings (SSSR count). The fourth-order valence-corrected chi connectivity index (χ4v) is 1.24. The van der Waals surface area contributed by atoms with Gasteiger partial charge >= 0.3 is 22.7 Å². The van der Waals surface area contributed by atoms with Crippen molar-refractivity contribution in [2.75, 3.05) is 6.61 Å². The highest BCUT2D eigenvalue weighted by molar-refractivity contribution is 6.31. The van der Waals surface area contributed by atoms with Crippen LogP contribution in [-0.4, -0.2) is 38.1 Å². The SMILES string of the molecule is O=c1cc(Cl)c(OCC(F)(F)F)n[n]1[AlH2]. The van der Waals surface area contributed by atoms with Crippen LogP contribution in [0, 0.1) is 0 Å². The number of ether oxygens (including phenoxy) is 1. The molecule has 0 aromatic carbocycles. The molecule has 4 nitrogen and oxygen atoms in total. The summed E-state index contributed by atoms with van der Waals surface area (Å²) in [4.78, 5) is 11.0. The Kier molecular flexibility index (Phi) is 3.65. The molecule has 0 spiro atoms. The second-order valence-corrected chi connectivity index (χ2v) is 3.92. The minimum atomic E-state index is -4.46. The third-order valence-electron chi connectivity index (χ3n) is 1.39. The van der Waals surface area contributed by atoms with Gasteiger partial charge in [-0.3, -0.25) is 4.79 Å². The first-order chi connectivity index (χ1) is 6.79. The van der Waals surface area contributed by atoms with E-state index in [4.69, 9.17) is 11.6 Å². The molecule has 0 radical (unpaired) electrons. The normalized spacial score (nSPS) is 11.5. The average molecular weight is 257 g/mol. The van der Waals surface area contributed by atoms with E-state index in [1.165, 1.54) is 0 Å². The summed E-state index contributed by atoms with van der Waals surface area (Å²) in [7, 11) is 0. The van der Waals surface area contributed by atoms with E-state index in [1.807, 2.05) is 0 Å². The van der Waals surface area contributed by atoms with Gasteiger partial charge in [0.1, 0.15) is 5.02 Å². The lowest BCUT2D eigenvalue weighted by atomic mass is 10.5. The Balaban J connectivity index is 2.87. The number of rotatable bonds is 2. The standard InChI is InChI=1S/C6H4ClF3N2O2.Al.2H/c7-3-1-4(13)11-12-5(3)14-2-6(8,9)10;;;/h1H,2H2,(H,11,13);;;/q;+1;;/p-1. The van der Waals surface area contributed by atoms with Crippen LogP contribution < -0.4 is 10.3 Å². The molecule has 82 valence electrons. The summed E-state index contributed by atoms with van der Waals surface area (Å²) in [5, 5.41) is 3.26. The third-order valence-corrected chi connectivity index (χ3v) is 2.30. The van der Waals surface area contributed by atoms with Crippen LogP contribution in [0.1, 0.15) is 0 Å². The first-order valence-electron chi connectivity index (χ1n) is 3.73. The van der Waals surface area contributed by atoms with Crippen molar-refractivity contribution in [2.45, 2.75) is 6.18 Å². The lowest BCUT2D eigenvalue weighted by Gasteiger charge is -2.10. The summed E-state index contributed by atoms with van der Waals surface area (Å²) in [6.45, 7) is -1.49. The van der Waals surface area contributed by atoms with Crippen molar-refractivity contribution in [1.82, 2.24) is 8.76 Å². The van der Waals surface area contributed by atoms with Crippen LogP contribution in [0.15, 0.2) is 10.9 Å². The van der Waals surface area contributed by atoms with E-state index in [1.54, 1.807) is 0 Å². The molecular weight excluding hydrogens is 252 g/mol. The van der Waals surface area contributed by atoms with Gasteiger partial charge < -0.3 is 8.40 Å². The minimum absolute atomic E-state index is 0.226. The molecule has 0 aliphatic carbocycles. The van der Waals surface area contributed by atoms with E-state index in [0.29, 0.717) is 0 Å². The predicted octanol–water partition coefficient (Wildman–Crippen LogP) is 0.234. The molecular formula is C6H5AlClF3N2O2. The summed E-state index contributed by atoms with van der Waals surface area (Å²) in [5.74, 6) is -0.386. The number of alkyl halides is 3. The number of halogens is 4. The smallest absolute Gasteiger partial charge is 0.422 e. The summed E-state index contributed by atoms with van der Waals surface area (Å²) in [6, 6.07) is 0.966. The van der Waals surface area contributed by atoms with Crippen molar-refractivity contribution in [1.29, 1.82) is 0 Å². The maximum atomic E-state index is 11.8. The molecule has 0 unspecified atom stereocenters. The Hall–Kier alpha value is -0.708. The molecule has 0 amide bonds. The summed E-state index contributed by atoms with van der Waals surface area (Å²) in [5.41, 5.74) is -0.467. The van der Waals surface area contributed by atoms with Crippen molar-refractivity contribution in [2.24, 2.45) is 0 Å². The monoisotopic (exact) mass is 256 g/mol. The molecule has 1 aromatic rings. The Morgan fingerprint density at radius 3 is 2.73 bits per heavy atom. The molecule has 0 aliphatic rings. The highest BCUT2D eigenvalue weighted by Gasteiger charge is 2.29. The second kappa shape index (κ2) is 4.43. The number of hydrogen-bond donors (Lipinski definition) is 0. The van der Waals surface area contributed by atoms with Crippen molar-refractivity contribution < 1.29 is 17.9 Å². The number of nitrogens with zero attached hydrogens (tertiary/aromatic N) is 2. The summed E-state index contributed by atoms with van der Waals surface area (Å²) < 4.78 is 40.7. The lowest BCUT2D eigenvalue weighted by Crippen LogP contribution is -2.24. The van der Waals surface area contributed by atoms with E-state index < -0.39 is 18.3 Å². The molecule has 0 atom stereocenters. The Morgan fingerprint density at radius 2 is 2.20 bits per heavy atom. The zero-order valence-corrected chi connectivity index (χ0v) is 10.3. The van der Waals surface area contributed by atoms with E-state index >= 15 is 0 Å². The lowest BCUT2D eigenvalue weighted by molar-refractivity contribution is -0.154. The van der Waals surface area contributed by atoms with Gasteiger partial charge in [-0.25, -0.2) is 0 Å². The van der Waals surface area contributed by atoms with Crippen molar-refractivity contribution >= 4 is 28.1 Å². The van der Waals surface area contributed by atoms with Crippen LogP contribution in [0.3, 0.4) is 0 Å². The first kappa shape index (κ1) is 12.4. The maximum Gasteiger partial charge on any atom is 0.422 e. The Morgan fingerprint density at radius 1 is 1.60 bits per heavy atom. The Bertz CT molecular complexity index is 420. The van der Waals surface area contributed by atoms with Gasteiger partial charge in [-0.05, 0) is 0 Å². The van der Waals surface area contributed by atoms with E-state index in [9.17, 15) is 18.0 Å². The zero-order valence-electron chi connectivity index (χ0n) is 7.51. The maximum absolute atomic E-state index is 11.8. The molecule has 0 saturated carbocycles. The molecule has 15 heavy (non-hydrogen) atoms. The van der Waals surface area contributed by atoms with Gasteiger partial charge in [0.05, 0.1) is 0 Å². The Labute approximate surface area is 95.2 Å². The van der Waals surface area contributed by atoms with Gasteiger partial charge in [-0.1, -0.05) is 11.6 Å². The summed E-state index contributed by atoms with van der Waals surface area (Å²) in [6.07, 6.45) is -4.46. The van der Waals surface area contributed by atoms with Crippen LogP contribution in [-0.2, 0) is 0 Å². The fourth-order valence-electron chi connectivity index (χ4n) is 0.745. The first-order valence-corrected chi connectivity index (χ1v) is 5.00. The molecule has 1 aromatic heterocycles. The van der Waals surface area contributed by atoms with Crippen molar-refractivity contribution in [3.63, 3.8) is 0 Å². The van der Waals surface area contributed by atoms with Crippen LogP contribution in [0.5, 0.6) is 5.88 Å². The number of aromatic nitrogens is 2. The van der Waals surface area contributed by atoms with Gasteiger partial charge in [0.15, 0.2) is 6.61 Å². The minimum Gasteiger partial charge on any atom is -0.466 e. The highest BCUT2D eigenvalue weighted by Crippen LogP contribution is 2.21. The van der Waals surface area contributed by atoms with Gasteiger partial charge in [0.2, 0.25) is 11.4 Å². The van der Waals surface area contributed by atoms with Crippen LogP contribution >= 0.6 is 11.6 Å².